The average Bonchev–Trinajstić information content (AvgIpc) is 3.80. The fourth-order valence-electron chi connectivity index (χ4n) is 9.59. The summed E-state index contributed by atoms with van der Waals surface area (Å²) >= 11 is 1.87. The van der Waals surface area contributed by atoms with Crippen LogP contribution >= 0.6 is 11.3 Å². The topological polar surface area (TPSA) is 37.3 Å². The van der Waals surface area contributed by atoms with Gasteiger partial charge in [0, 0.05) is 53.6 Å². The SMILES string of the molecule is C1=C(c2ccccc2)N=C(c2cccc(-c3c(-c4ccccc4)c(-c4ccccc4)nc(-c4ccccc4)c3-c3ccccc3)c2)NC1c1cccc(-c2cccc3c2sc2ccccc23)c1. The molecule has 0 fully saturated rings. The summed E-state index contributed by atoms with van der Waals surface area (Å²) in [7, 11) is 0. The number of pyridine rings is 1. The maximum Gasteiger partial charge on any atom is 0.134 e. The summed E-state index contributed by atoms with van der Waals surface area (Å²) in [6, 6.07) is 86.4. The molecule has 0 spiro atoms. The van der Waals surface area contributed by atoms with E-state index < -0.39 is 0 Å². The largest absolute Gasteiger partial charge is 0.359 e. The lowest BCUT2D eigenvalue weighted by Gasteiger charge is -2.26. The minimum absolute atomic E-state index is 0.150. The molecular formula is C63H43N3S. The minimum atomic E-state index is -0.150. The molecule has 1 atom stereocenters. The van der Waals surface area contributed by atoms with Crippen molar-refractivity contribution in [2.24, 2.45) is 4.99 Å². The molecule has 0 saturated carbocycles. The molecule has 9 aromatic carbocycles. The highest BCUT2D eigenvalue weighted by atomic mass is 32.1. The van der Waals surface area contributed by atoms with E-state index >= 15 is 0 Å². The van der Waals surface area contributed by atoms with Crippen LogP contribution in [0.3, 0.4) is 0 Å². The van der Waals surface area contributed by atoms with E-state index in [1.807, 2.05) is 11.3 Å². The third kappa shape index (κ3) is 7.63. The highest BCUT2D eigenvalue weighted by Gasteiger charge is 2.27. The fourth-order valence-corrected chi connectivity index (χ4v) is 10.8. The van der Waals surface area contributed by atoms with Gasteiger partial charge in [-0.25, -0.2) is 9.98 Å². The molecule has 0 bridgehead atoms. The van der Waals surface area contributed by atoms with E-state index in [0.717, 1.165) is 78.6 Å². The Labute approximate surface area is 394 Å². The van der Waals surface area contributed by atoms with Gasteiger partial charge < -0.3 is 5.32 Å². The smallest absolute Gasteiger partial charge is 0.134 e. The molecule has 0 saturated heterocycles. The zero-order chi connectivity index (χ0) is 44.5. The molecule has 1 unspecified atom stereocenters. The Morgan fingerprint density at radius 2 is 0.866 bits per heavy atom. The maximum absolute atomic E-state index is 5.67. The summed E-state index contributed by atoms with van der Waals surface area (Å²) in [6.07, 6.45) is 2.27. The number of amidine groups is 1. The standard InChI is InChI=1S/C63H43N3S/c1-6-21-42(22-7-1)54-41-55(48-32-18-31-47(39-48)51-36-20-37-53-52-35-16-17-38-56(52)67-62(51)53)65-63(64-54)50-34-19-33-49(40-50)57-58(43-23-8-2-9-24-43)60(45-27-12-4-13-28-45)66-61(46-29-14-5-15-30-46)59(57)44-25-10-3-11-26-44/h1-41,55H,(H,64,65). The highest BCUT2D eigenvalue weighted by molar-refractivity contribution is 7.26. The van der Waals surface area contributed by atoms with E-state index in [4.69, 9.17) is 9.98 Å². The summed E-state index contributed by atoms with van der Waals surface area (Å²) in [5, 5.41) is 6.54. The number of benzene rings is 9. The fraction of sp³-hybridized carbons (Fsp3) is 0.0159. The molecule has 67 heavy (non-hydrogen) atoms. The molecule has 3 heterocycles. The quantitative estimate of drug-likeness (QED) is 0.157. The van der Waals surface area contributed by atoms with E-state index in [0.29, 0.717) is 0 Å². The summed E-state index contributed by atoms with van der Waals surface area (Å²) in [5.74, 6) is 0.813. The Balaban J connectivity index is 1.05. The van der Waals surface area contributed by atoms with Gasteiger partial charge in [-0.05, 0) is 63.2 Å². The van der Waals surface area contributed by atoms with Gasteiger partial charge >= 0.3 is 0 Å². The monoisotopic (exact) mass is 873 g/mol. The van der Waals surface area contributed by atoms with Crippen LogP contribution < -0.4 is 5.32 Å². The molecule has 0 aliphatic carbocycles. The molecule has 12 rings (SSSR count). The Kier molecular flexibility index (Phi) is 10.5. The van der Waals surface area contributed by atoms with Crippen molar-refractivity contribution in [2.75, 3.05) is 0 Å². The van der Waals surface area contributed by atoms with Crippen LogP contribution in [0.5, 0.6) is 0 Å². The summed E-state index contributed by atoms with van der Waals surface area (Å²) < 4.78 is 2.61. The van der Waals surface area contributed by atoms with E-state index in [9.17, 15) is 0 Å². The van der Waals surface area contributed by atoms with Crippen LogP contribution in [-0.4, -0.2) is 10.8 Å². The van der Waals surface area contributed by atoms with Crippen LogP contribution in [0.1, 0.15) is 22.7 Å². The second kappa shape index (κ2) is 17.5. The summed E-state index contributed by atoms with van der Waals surface area (Å²) in [6.45, 7) is 0. The van der Waals surface area contributed by atoms with Gasteiger partial charge in [0.25, 0.3) is 0 Å². The van der Waals surface area contributed by atoms with Crippen molar-refractivity contribution in [3.63, 3.8) is 0 Å². The normalized spacial score (nSPS) is 13.5. The summed E-state index contributed by atoms with van der Waals surface area (Å²) in [5.41, 5.74) is 17.1. The first kappa shape index (κ1) is 40.1. The molecule has 0 radical (unpaired) electrons. The van der Waals surface area contributed by atoms with Crippen LogP contribution in [0.2, 0.25) is 0 Å². The number of aliphatic imine (C=N–C) groups is 1. The number of rotatable bonds is 9. The molecular weight excluding hydrogens is 831 g/mol. The van der Waals surface area contributed by atoms with Gasteiger partial charge in [-0.1, -0.05) is 224 Å². The number of nitrogens with one attached hydrogen (secondary N) is 1. The van der Waals surface area contributed by atoms with Crippen LogP contribution in [0.15, 0.2) is 254 Å². The lowest BCUT2D eigenvalue weighted by molar-refractivity contribution is 0.781. The average molecular weight is 874 g/mol. The molecule has 316 valence electrons. The van der Waals surface area contributed by atoms with Crippen molar-refractivity contribution in [2.45, 2.75) is 6.04 Å². The van der Waals surface area contributed by atoms with Crippen molar-refractivity contribution in [3.05, 3.63) is 265 Å². The number of fused-ring (bicyclic) bond motifs is 3. The van der Waals surface area contributed by atoms with Crippen molar-refractivity contribution >= 4 is 43.0 Å². The van der Waals surface area contributed by atoms with Crippen molar-refractivity contribution in [1.82, 2.24) is 10.3 Å². The molecule has 3 nitrogen and oxygen atoms in total. The van der Waals surface area contributed by atoms with Gasteiger partial charge in [0.15, 0.2) is 0 Å². The molecule has 1 aliphatic heterocycles. The van der Waals surface area contributed by atoms with Gasteiger partial charge in [-0.15, -0.1) is 11.3 Å². The van der Waals surface area contributed by atoms with Gasteiger partial charge in [0.05, 0.1) is 23.1 Å². The second-order valence-corrected chi connectivity index (χ2v) is 17.9. The van der Waals surface area contributed by atoms with Gasteiger partial charge in [-0.3, -0.25) is 0 Å². The molecule has 4 heteroatoms. The van der Waals surface area contributed by atoms with E-state index in [1.54, 1.807) is 0 Å². The zero-order valence-corrected chi connectivity index (χ0v) is 37.4. The lowest BCUT2D eigenvalue weighted by Crippen LogP contribution is -2.31. The predicted molar refractivity (Wildman–Crippen MR) is 283 cm³/mol. The molecule has 2 aromatic heterocycles. The van der Waals surface area contributed by atoms with E-state index in [1.165, 1.54) is 36.9 Å². The Bertz CT molecular complexity index is 3530. The number of hydrogen-bond acceptors (Lipinski definition) is 4. The Hall–Kier alpha value is -8.44. The maximum atomic E-state index is 5.67. The predicted octanol–water partition coefficient (Wildman–Crippen LogP) is 16.6. The number of hydrogen-bond donors (Lipinski definition) is 1. The third-order valence-electron chi connectivity index (χ3n) is 12.7. The number of aromatic nitrogens is 1. The van der Waals surface area contributed by atoms with Crippen LogP contribution in [0, 0.1) is 0 Å². The van der Waals surface area contributed by atoms with Gasteiger partial charge in [0.1, 0.15) is 5.84 Å². The number of thiophene rings is 1. The first-order chi connectivity index (χ1) is 33.2. The number of nitrogens with zero attached hydrogens (tertiary/aromatic N) is 2. The first-order valence-electron chi connectivity index (χ1n) is 22.8. The van der Waals surface area contributed by atoms with E-state index in [-0.39, 0.29) is 6.04 Å². The van der Waals surface area contributed by atoms with E-state index in [2.05, 4.69) is 254 Å². The van der Waals surface area contributed by atoms with Crippen LogP contribution in [0.4, 0.5) is 0 Å². The van der Waals surface area contributed by atoms with Gasteiger partial charge in [0.2, 0.25) is 0 Å². The zero-order valence-electron chi connectivity index (χ0n) is 36.6. The highest BCUT2D eigenvalue weighted by Crippen LogP contribution is 2.49. The first-order valence-corrected chi connectivity index (χ1v) is 23.6. The van der Waals surface area contributed by atoms with Crippen molar-refractivity contribution in [3.8, 4) is 67.0 Å². The third-order valence-corrected chi connectivity index (χ3v) is 13.9. The summed E-state index contributed by atoms with van der Waals surface area (Å²) in [4.78, 5) is 11.1. The van der Waals surface area contributed by atoms with Crippen LogP contribution in [0.25, 0.3) is 92.9 Å². The molecule has 1 aliphatic rings. The van der Waals surface area contributed by atoms with Gasteiger partial charge in [-0.2, -0.15) is 0 Å². The second-order valence-electron chi connectivity index (χ2n) is 16.9. The van der Waals surface area contributed by atoms with Crippen LogP contribution in [-0.2, 0) is 0 Å². The Morgan fingerprint density at radius 1 is 0.373 bits per heavy atom. The molecule has 11 aromatic rings. The van der Waals surface area contributed by atoms with Crippen molar-refractivity contribution < 1.29 is 0 Å². The molecule has 1 N–H and O–H groups in total. The lowest BCUT2D eigenvalue weighted by atomic mass is 9.83. The Morgan fingerprint density at radius 3 is 1.51 bits per heavy atom. The molecule has 0 amide bonds. The minimum Gasteiger partial charge on any atom is -0.359 e. The van der Waals surface area contributed by atoms with Crippen molar-refractivity contribution in [1.29, 1.82) is 0 Å².